The number of hydrogen-bond donors (Lipinski definition) is 1. The van der Waals surface area contributed by atoms with E-state index in [1.54, 1.807) is 42.4 Å². The molecule has 0 bridgehead atoms. The largest absolute Gasteiger partial charge is 0.478 e. The molecule has 152 valence electrons. The van der Waals surface area contributed by atoms with Gasteiger partial charge in [0, 0.05) is 25.5 Å². The number of pyridine rings is 1. The van der Waals surface area contributed by atoms with Crippen molar-refractivity contribution in [3.05, 3.63) is 88.5 Å². The number of halogens is 1. The Balaban J connectivity index is 1.55. The van der Waals surface area contributed by atoms with E-state index in [0.717, 1.165) is 55.1 Å². The second-order valence-electron chi connectivity index (χ2n) is 6.91. The molecule has 0 atom stereocenters. The van der Waals surface area contributed by atoms with Gasteiger partial charge in [-0.2, -0.15) is 0 Å². The first-order valence-corrected chi connectivity index (χ1v) is 10.8. The van der Waals surface area contributed by atoms with Crippen LogP contribution in [0.4, 0.5) is 4.39 Å². The Bertz CT molecular complexity index is 866. The van der Waals surface area contributed by atoms with Crippen LogP contribution in [0.15, 0.2) is 71.5 Å². The van der Waals surface area contributed by atoms with Crippen LogP contribution in [0.5, 0.6) is 0 Å². The van der Waals surface area contributed by atoms with Crippen molar-refractivity contribution in [1.29, 1.82) is 0 Å². The molecule has 0 aliphatic carbocycles. The van der Waals surface area contributed by atoms with Crippen molar-refractivity contribution in [2.45, 2.75) is 25.7 Å². The lowest BCUT2D eigenvalue weighted by atomic mass is 10.1. The molecular formula is C23H25FN2O2S. The van der Waals surface area contributed by atoms with E-state index in [-0.39, 0.29) is 5.82 Å². The molecule has 3 rings (SSSR count). The Hall–Kier alpha value is -2.60. The second-order valence-corrected chi connectivity index (χ2v) is 7.99. The first-order valence-electron chi connectivity index (χ1n) is 9.78. The minimum Gasteiger partial charge on any atom is -0.478 e. The van der Waals surface area contributed by atoms with Crippen molar-refractivity contribution < 1.29 is 14.3 Å². The molecule has 1 aromatic heterocycles. The maximum atomic E-state index is 13.0. The SMILES string of the molecule is O=C(O)C1=C(SCCCc2ccc(F)cc2)N(CCCc2ccncc2)CC=C1. The zero-order valence-electron chi connectivity index (χ0n) is 16.3. The third kappa shape index (κ3) is 6.46. The van der Waals surface area contributed by atoms with Crippen LogP contribution in [0, 0.1) is 5.82 Å². The van der Waals surface area contributed by atoms with Crippen LogP contribution in [0.25, 0.3) is 0 Å². The predicted molar refractivity (Wildman–Crippen MR) is 115 cm³/mol. The molecule has 0 amide bonds. The third-order valence-corrected chi connectivity index (χ3v) is 6.01. The summed E-state index contributed by atoms with van der Waals surface area (Å²) in [5.41, 5.74) is 2.70. The second kappa shape index (κ2) is 10.8. The van der Waals surface area contributed by atoms with Gasteiger partial charge in [0.15, 0.2) is 0 Å². The number of aryl methyl sites for hydroxylation is 2. The number of carboxylic acids is 1. The van der Waals surface area contributed by atoms with Crippen LogP contribution >= 0.6 is 11.8 Å². The van der Waals surface area contributed by atoms with E-state index in [9.17, 15) is 14.3 Å². The maximum Gasteiger partial charge on any atom is 0.338 e. The van der Waals surface area contributed by atoms with Gasteiger partial charge in [0.1, 0.15) is 5.82 Å². The Morgan fingerprint density at radius 2 is 1.76 bits per heavy atom. The molecule has 6 heteroatoms. The molecular weight excluding hydrogens is 387 g/mol. The average Bonchev–Trinajstić information content (AvgIpc) is 2.73. The highest BCUT2D eigenvalue weighted by molar-refractivity contribution is 8.03. The zero-order valence-corrected chi connectivity index (χ0v) is 17.1. The minimum absolute atomic E-state index is 0.226. The van der Waals surface area contributed by atoms with Gasteiger partial charge in [0.2, 0.25) is 0 Å². The fraction of sp³-hybridized carbons (Fsp3) is 0.304. The van der Waals surface area contributed by atoms with Gasteiger partial charge in [-0.05, 0) is 72.9 Å². The molecule has 1 N–H and O–H groups in total. The lowest BCUT2D eigenvalue weighted by molar-refractivity contribution is -0.132. The summed E-state index contributed by atoms with van der Waals surface area (Å²) in [5.74, 6) is -0.296. The van der Waals surface area contributed by atoms with Gasteiger partial charge < -0.3 is 10.0 Å². The van der Waals surface area contributed by atoms with Crippen molar-refractivity contribution in [3.63, 3.8) is 0 Å². The van der Waals surface area contributed by atoms with E-state index in [0.29, 0.717) is 5.57 Å². The van der Waals surface area contributed by atoms with Crippen LogP contribution in [0.2, 0.25) is 0 Å². The highest BCUT2D eigenvalue weighted by atomic mass is 32.2. The van der Waals surface area contributed by atoms with Gasteiger partial charge in [-0.15, -0.1) is 11.8 Å². The summed E-state index contributed by atoms with van der Waals surface area (Å²) in [5, 5.41) is 10.4. The van der Waals surface area contributed by atoms with E-state index < -0.39 is 5.97 Å². The van der Waals surface area contributed by atoms with Gasteiger partial charge in [-0.3, -0.25) is 4.98 Å². The number of nitrogens with zero attached hydrogens (tertiary/aromatic N) is 2. The number of thioether (sulfide) groups is 1. The predicted octanol–water partition coefficient (Wildman–Crippen LogP) is 4.69. The van der Waals surface area contributed by atoms with Gasteiger partial charge >= 0.3 is 5.97 Å². The fourth-order valence-electron chi connectivity index (χ4n) is 3.27. The summed E-state index contributed by atoms with van der Waals surface area (Å²) < 4.78 is 13.0. The first kappa shape index (κ1) is 21.1. The fourth-order valence-corrected chi connectivity index (χ4v) is 4.41. The smallest absolute Gasteiger partial charge is 0.338 e. The number of carboxylic acid groups (broad SMARTS) is 1. The minimum atomic E-state index is -0.888. The van der Waals surface area contributed by atoms with Crippen LogP contribution in [0.3, 0.4) is 0 Å². The zero-order chi connectivity index (χ0) is 20.5. The molecule has 0 unspecified atom stereocenters. The molecule has 1 aromatic carbocycles. The monoisotopic (exact) mass is 412 g/mol. The summed E-state index contributed by atoms with van der Waals surface area (Å²) >= 11 is 1.60. The van der Waals surface area contributed by atoms with E-state index >= 15 is 0 Å². The number of carbonyl (C=O) groups is 1. The average molecular weight is 413 g/mol. The van der Waals surface area contributed by atoms with Crippen LogP contribution in [0.1, 0.15) is 24.0 Å². The standard InChI is InChI=1S/C23H25FN2O2S/c24-20-9-7-18(8-10-20)5-3-17-29-22-21(23(27)28)6-2-16-26(22)15-1-4-19-11-13-25-14-12-19/h2,6-14H,1,3-5,15-17H2,(H,27,28). The maximum absolute atomic E-state index is 13.0. The number of aliphatic carboxylic acids is 1. The Labute approximate surface area is 175 Å². The van der Waals surface area contributed by atoms with Crippen molar-refractivity contribution in [2.75, 3.05) is 18.8 Å². The normalized spacial score (nSPS) is 13.8. The number of benzene rings is 1. The summed E-state index contributed by atoms with van der Waals surface area (Å²) in [7, 11) is 0. The highest BCUT2D eigenvalue weighted by Crippen LogP contribution is 2.29. The quantitative estimate of drug-likeness (QED) is 0.574. The molecule has 0 fully saturated rings. The third-order valence-electron chi connectivity index (χ3n) is 4.76. The van der Waals surface area contributed by atoms with Gasteiger partial charge in [-0.1, -0.05) is 18.2 Å². The van der Waals surface area contributed by atoms with Crippen LogP contribution in [-0.4, -0.2) is 39.8 Å². The Morgan fingerprint density at radius 1 is 1.07 bits per heavy atom. The van der Waals surface area contributed by atoms with E-state index in [4.69, 9.17) is 0 Å². The van der Waals surface area contributed by atoms with Crippen LogP contribution in [-0.2, 0) is 17.6 Å². The molecule has 1 aliphatic heterocycles. The molecule has 0 spiro atoms. The van der Waals surface area contributed by atoms with E-state index in [2.05, 4.69) is 9.88 Å². The first-order chi connectivity index (χ1) is 14.1. The Morgan fingerprint density at radius 3 is 2.48 bits per heavy atom. The number of aromatic nitrogens is 1. The molecule has 0 radical (unpaired) electrons. The van der Waals surface area contributed by atoms with Crippen molar-refractivity contribution in [2.24, 2.45) is 0 Å². The van der Waals surface area contributed by atoms with Gasteiger partial charge in [-0.25, -0.2) is 9.18 Å². The summed E-state index contributed by atoms with van der Waals surface area (Å²) in [6.07, 6.45) is 10.9. The molecule has 2 aromatic rings. The molecule has 4 nitrogen and oxygen atoms in total. The lowest BCUT2D eigenvalue weighted by Crippen LogP contribution is -2.28. The molecule has 29 heavy (non-hydrogen) atoms. The number of rotatable bonds is 10. The van der Waals surface area contributed by atoms with Crippen molar-refractivity contribution >= 4 is 17.7 Å². The summed E-state index contributed by atoms with van der Waals surface area (Å²) in [6, 6.07) is 10.6. The molecule has 1 aliphatic rings. The molecule has 2 heterocycles. The molecule has 0 saturated heterocycles. The summed E-state index contributed by atoms with van der Waals surface area (Å²) in [6.45, 7) is 1.54. The number of hydrogen-bond acceptors (Lipinski definition) is 4. The van der Waals surface area contributed by atoms with E-state index in [1.165, 1.54) is 17.7 Å². The van der Waals surface area contributed by atoms with Crippen molar-refractivity contribution in [1.82, 2.24) is 9.88 Å². The lowest BCUT2D eigenvalue weighted by Gasteiger charge is -2.29. The van der Waals surface area contributed by atoms with Crippen LogP contribution < -0.4 is 0 Å². The molecule has 0 saturated carbocycles. The summed E-state index contributed by atoms with van der Waals surface area (Å²) in [4.78, 5) is 17.9. The van der Waals surface area contributed by atoms with E-state index in [1.807, 2.05) is 18.2 Å². The topological polar surface area (TPSA) is 53.4 Å². The Kier molecular flexibility index (Phi) is 7.87. The highest BCUT2D eigenvalue weighted by Gasteiger charge is 2.21. The van der Waals surface area contributed by atoms with Crippen molar-refractivity contribution in [3.8, 4) is 0 Å². The van der Waals surface area contributed by atoms with Gasteiger partial charge in [0.05, 0.1) is 10.6 Å². The van der Waals surface area contributed by atoms with Gasteiger partial charge in [0.25, 0.3) is 0 Å².